The smallest absolute Gasteiger partial charge is 0.261 e. The molecule has 1 aliphatic rings. The van der Waals surface area contributed by atoms with Crippen LogP contribution in [0.5, 0.6) is 5.75 Å². The summed E-state index contributed by atoms with van der Waals surface area (Å²) in [4.78, 5) is 29.9. The third-order valence-electron chi connectivity index (χ3n) is 8.21. The van der Waals surface area contributed by atoms with Crippen LogP contribution in [0.25, 0.3) is 0 Å². The van der Waals surface area contributed by atoms with Crippen molar-refractivity contribution in [3.63, 3.8) is 0 Å². The fourth-order valence-electron chi connectivity index (χ4n) is 6.38. The molecule has 0 spiro atoms. The summed E-state index contributed by atoms with van der Waals surface area (Å²) < 4.78 is 30.4. The van der Waals surface area contributed by atoms with Crippen molar-refractivity contribution in [1.82, 2.24) is 15.4 Å². The van der Waals surface area contributed by atoms with Gasteiger partial charge in [-0.05, 0) is 48.3 Å². The van der Waals surface area contributed by atoms with Crippen molar-refractivity contribution in [2.24, 2.45) is 0 Å². The standard InChI is InChI=1S/C37H43FN4O4Si/c1-25(2)41-46-35-31(34(43)36-39-19-14-20-40-36)21-28(33(32(35)38)42-22-26(3)45-27(4)23-42)24-44-47(37(5,6)7,29-15-10-8-11-16-29)30-17-12-9-13-18-30/h8-21,26-27,41H,1,22-24H2,2-7H3. The number of allylic oxidation sites excluding steroid dienone is 1. The molecule has 246 valence electrons. The molecule has 2 atom stereocenters. The lowest BCUT2D eigenvalue weighted by Crippen LogP contribution is -2.66. The minimum absolute atomic E-state index is 0.0263. The SMILES string of the molecule is C=C(C)NOc1c(C(=O)c2ncccn2)cc(CO[Si](c2ccccc2)(c2ccccc2)C(C)(C)C)c(N2CC(C)OC(C)C2)c1F. The Kier molecular flexibility index (Phi) is 10.2. The highest BCUT2D eigenvalue weighted by Gasteiger charge is 2.50. The summed E-state index contributed by atoms with van der Waals surface area (Å²) in [6.45, 7) is 16.9. The number of hydrogen-bond acceptors (Lipinski definition) is 8. The maximum absolute atomic E-state index is 17.1. The van der Waals surface area contributed by atoms with Gasteiger partial charge in [-0.2, -0.15) is 0 Å². The van der Waals surface area contributed by atoms with Crippen molar-refractivity contribution in [2.45, 2.75) is 65.4 Å². The number of rotatable bonds is 11. The van der Waals surface area contributed by atoms with E-state index in [4.69, 9.17) is 14.0 Å². The van der Waals surface area contributed by atoms with Gasteiger partial charge in [-0.15, -0.1) is 0 Å². The van der Waals surface area contributed by atoms with Crippen LogP contribution in [-0.2, 0) is 15.8 Å². The molecule has 5 rings (SSSR count). The lowest BCUT2D eigenvalue weighted by Gasteiger charge is -2.43. The Bertz CT molecular complexity index is 1650. The van der Waals surface area contributed by atoms with E-state index in [0.717, 1.165) is 10.4 Å². The first-order chi connectivity index (χ1) is 22.4. The molecule has 2 heterocycles. The summed E-state index contributed by atoms with van der Waals surface area (Å²) in [5.41, 5.74) is 3.86. The Hall–Kier alpha value is -4.38. The summed E-state index contributed by atoms with van der Waals surface area (Å²) in [7, 11) is -3.03. The molecule has 0 aliphatic carbocycles. The van der Waals surface area contributed by atoms with Crippen LogP contribution in [0.3, 0.4) is 0 Å². The topological polar surface area (TPSA) is 85.8 Å². The highest BCUT2D eigenvalue weighted by atomic mass is 28.4. The van der Waals surface area contributed by atoms with Gasteiger partial charge in [0, 0.05) is 36.7 Å². The molecule has 10 heteroatoms. The number of aromatic nitrogens is 2. The number of benzene rings is 3. The number of morpholine rings is 1. The highest BCUT2D eigenvalue weighted by molar-refractivity contribution is 6.99. The number of anilines is 1. The molecule has 1 N–H and O–H groups in total. The summed E-state index contributed by atoms with van der Waals surface area (Å²) in [6, 6.07) is 23.8. The number of halogens is 1. The zero-order chi connectivity index (χ0) is 33.8. The van der Waals surface area contributed by atoms with Crippen molar-refractivity contribution in [3.8, 4) is 5.75 Å². The number of nitrogens with one attached hydrogen (secondary N) is 1. The van der Waals surface area contributed by atoms with E-state index < -0.39 is 19.9 Å². The van der Waals surface area contributed by atoms with Gasteiger partial charge in [0.25, 0.3) is 8.32 Å². The molecule has 2 unspecified atom stereocenters. The Morgan fingerprint density at radius 3 is 2.06 bits per heavy atom. The van der Waals surface area contributed by atoms with E-state index in [1.165, 1.54) is 12.4 Å². The van der Waals surface area contributed by atoms with Crippen molar-refractivity contribution in [3.05, 3.63) is 120 Å². The molecule has 0 bridgehead atoms. The highest BCUT2D eigenvalue weighted by Crippen LogP contribution is 2.41. The van der Waals surface area contributed by atoms with E-state index in [-0.39, 0.29) is 41.0 Å². The predicted molar refractivity (Wildman–Crippen MR) is 185 cm³/mol. The molecule has 1 saturated heterocycles. The molecule has 8 nitrogen and oxygen atoms in total. The monoisotopic (exact) mass is 654 g/mol. The maximum Gasteiger partial charge on any atom is 0.261 e. The molecule has 47 heavy (non-hydrogen) atoms. The second-order valence-electron chi connectivity index (χ2n) is 13.1. The summed E-state index contributed by atoms with van der Waals surface area (Å²) in [5.74, 6) is -1.61. The van der Waals surface area contributed by atoms with Crippen molar-refractivity contribution in [2.75, 3.05) is 18.0 Å². The van der Waals surface area contributed by atoms with Crippen LogP contribution in [0.1, 0.15) is 63.3 Å². The average molecular weight is 655 g/mol. The van der Waals surface area contributed by atoms with E-state index in [1.807, 2.05) is 55.1 Å². The van der Waals surface area contributed by atoms with Gasteiger partial charge < -0.3 is 18.9 Å². The Balaban J connectivity index is 1.73. The third kappa shape index (κ3) is 7.14. The number of ether oxygens (including phenoxy) is 1. The summed E-state index contributed by atoms with van der Waals surface area (Å²) in [6.07, 6.45) is 2.64. The Morgan fingerprint density at radius 1 is 1.00 bits per heavy atom. The van der Waals surface area contributed by atoms with E-state index in [2.05, 4.69) is 67.1 Å². The lowest BCUT2D eigenvalue weighted by atomic mass is 10.0. The first-order valence-electron chi connectivity index (χ1n) is 15.8. The molecular weight excluding hydrogens is 612 g/mol. The van der Waals surface area contributed by atoms with Crippen LogP contribution in [-0.4, -0.2) is 49.4 Å². The van der Waals surface area contributed by atoms with Gasteiger partial charge in [-0.1, -0.05) is 88.0 Å². The van der Waals surface area contributed by atoms with Crippen LogP contribution in [0.15, 0.2) is 97.5 Å². The van der Waals surface area contributed by atoms with Crippen molar-refractivity contribution >= 4 is 30.2 Å². The molecule has 0 amide bonds. The zero-order valence-corrected chi connectivity index (χ0v) is 28.9. The largest absolute Gasteiger partial charge is 0.403 e. The Morgan fingerprint density at radius 2 is 1.55 bits per heavy atom. The minimum atomic E-state index is -3.03. The number of carbonyl (C=O) groups is 1. The summed E-state index contributed by atoms with van der Waals surface area (Å²) in [5, 5.41) is 1.87. The molecule has 3 aromatic carbocycles. The van der Waals surface area contributed by atoms with E-state index in [1.54, 1.807) is 19.1 Å². The second-order valence-corrected chi connectivity index (χ2v) is 17.4. The fraction of sp³-hybridized carbons (Fsp3) is 0.324. The third-order valence-corrected chi connectivity index (χ3v) is 13.2. The predicted octanol–water partition coefficient (Wildman–Crippen LogP) is 5.95. The van der Waals surface area contributed by atoms with E-state index in [9.17, 15) is 4.79 Å². The lowest BCUT2D eigenvalue weighted by molar-refractivity contribution is -0.00554. The fourth-order valence-corrected chi connectivity index (χ4v) is 10.9. The molecular formula is C37H43FN4O4Si. The van der Waals surface area contributed by atoms with Gasteiger partial charge in [0.05, 0.1) is 30.1 Å². The summed E-state index contributed by atoms with van der Waals surface area (Å²) >= 11 is 0. The van der Waals surface area contributed by atoms with E-state index >= 15 is 4.39 Å². The van der Waals surface area contributed by atoms with Crippen LogP contribution in [0.4, 0.5) is 10.1 Å². The number of ketones is 1. The molecule has 4 aromatic rings. The van der Waals surface area contributed by atoms with Crippen molar-refractivity contribution in [1.29, 1.82) is 0 Å². The normalized spacial score (nSPS) is 16.9. The first kappa shape index (κ1) is 34.0. The van der Waals surface area contributed by atoms with Gasteiger partial charge in [-0.3, -0.25) is 4.79 Å². The number of hydrogen-bond donors (Lipinski definition) is 1. The van der Waals surface area contributed by atoms with Crippen LogP contribution in [0.2, 0.25) is 5.04 Å². The Labute approximate surface area is 277 Å². The molecule has 1 fully saturated rings. The van der Waals surface area contributed by atoms with E-state index in [0.29, 0.717) is 30.0 Å². The van der Waals surface area contributed by atoms with Gasteiger partial charge in [0.1, 0.15) is 0 Å². The van der Waals surface area contributed by atoms with Crippen LogP contribution >= 0.6 is 0 Å². The molecule has 1 aliphatic heterocycles. The van der Waals surface area contributed by atoms with Gasteiger partial charge >= 0.3 is 0 Å². The zero-order valence-electron chi connectivity index (χ0n) is 27.9. The second kappa shape index (κ2) is 14.2. The van der Waals surface area contributed by atoms with Gasteiger partial charge in [0.2, 0.25) is 17.4 Å². The molecule has 1 aromatic heterocycles. The number of nitrogens with zero attached hydrogens (tertiary/aromatic N) is 3. The minimum Gasteiger partial charge on any atom is -0.403 e. The average Bonchev–Trinajstić information content (AvgIpc) is 3.04. The molecule has 0 radical (unpaired) electrons. The van der Waals surface area contributed by atoms with Crippen LogP contribution in [0, 0.1) is 5.82 Å². The van der Waals surface area contributed by atoms with Crippen molar-refractivity contribution < 1.29 is 23.2 Å². The quantitative estimate of drug-likeness (QED) is 0.121. The molecule has 0 saturated carbocycles. The van der Waals surface area contributed by atoms with Gasteiger partial charge in [-0.25, -0.2) is 19.8 Å². The number of carbonyl (C=O) groups excluding carboxylic acids is 1. The number of hydroxylamine groups is 1. The first-order valence-corrected chi connectivity index (χ1v) is 17.7. The van der Waals surface area contributed by atoms with Crippen LogP contribution < -0.4 is 25.6 Å². The van der Waals surface area contributed by atoms with Gasteiger partial charge in [0.15, 0.2) is 5.82 Å². The maximum atomic E-state index is 17.1.